The number of rotatable bonds is 6. The van der Waals surface area contributed by atoms with Gasteiger partial charge in [-0.1, -0.05) is 0 Å². The van der Waals surface area contributed by atoms with Crippen molar-refractivity contribution in [1.29, 1.82) is 0 Å². The molecule has 0 aromatic heterocycles. The van der Waals surface area contributed by atoms with Gasteiger partial charge < -0.3 is 11.1 Å². The molecule has 0 fully saturated rings. The molecular weight excluding hydrogens is 368 g/mol. The van der Waals surface area contributed by atoms with Crippen LogP contribution in [-0.2, 0) is 24.8 Å². The van der Waals surface area contributed by atoms with Crippen LogP contribution in [0.15, 0.2) is 58.3 Å². The minimum atomic E-state index is -3.88. The summed E-state index contributed by atoms with van der Waals surface area (Å²) in [4.78, 5) is 11.0. The molecule has 0 bridgehead atoms. The molecule has 6 N–H and O–H groups in total. The molecule has 11 heteroatoms. The zero-order valence-electron chi connectivity index (χ0n) is 12.8. The highest BCUT2D eigenvalue weighted by Gasteiger charge is 2.15. The number of benzene rings is 2. The number of hydrogen-bond donors (Lipinski definition) is 4. The number of carbonyl (C=O) groups is 1. The summed E-state index contributed by atoms with van der Waals surface area (Å²) in [6.45, 7) is -0.184. The molecule has 2 rings (SSSR count). The fraction of sp³-hybridized carbons (Fsp3) is 0.0714. The van der Waals surface area contributed by atoms with Crippen molar-refractivity contribution < 1.29 is 21.6 Å². The number of hydrogen-bond acceptors (Lipinski definition) is 6. The van der Waals surface area contributed by atoms with Crippen LogP contribution < -0.4 is 20.9 Å². The van der Waals surface area contributed by atoms with Crippen LogP contribution in [0.25, 0.3) is 0 Å². The molecule has 2 aromatic carbocycles. The first-order valence-electron chi connectivity index (χ1n) is 6.87. The van der Waals surface area contributed by atoms with Gasteiger partial charge in [0, 0.05) is 11.4 Å². The van der Waals surface area contributed by atoms with Crippen LogP contribution in [0.5, 0.6) is 0 Å². The van der Waals surface area contributed by atoms with Gasteiger partial charge in [0.2, 0.25) is 15.9 Å². The molecule has 0 atom stereocenters. The summed E-state index contributed by atoms with van der Waals surface area (Å²) in [5, 5.41) is 7.47. The van der Waals surface area contributed by atoms with E-state index in [2.05, 4.69) is 10.0 Å². The van der Waals surface area contributed by atoms with Gasteiger partial charge in [0.1, 0.15) is 0 Å². The highest BCUT2D eigenvalue weighted by atomic mass is 32.2. The van der Waals surface area contributed by atoms with E-state index in [0.717, 1.165) is 0 Å². The Bertz CT molecular complexity index is 969. The quantitative estimate of drug-likeness (QED) is 0.549. The number of primary sulfonamides is 1. The van der Waals surface area contributed by atoms with E-state index in [9.17, 15) is 21.6 Å². The normalized spacial score (nSPS) is 11.8. The van der Waals surface area contributed by atoms with Gasteiger partial charge in [-0.3, -0.25) is 9.52 Å². The molecule has 25 heavy (non-hydrogen) atoms. The van der Waals surface area contributed by atoms with E-state index in [0.29, 0.717) is 5.69 Å². The largest absolute Gasteiger partial charge is 0.325 e. The Morgan fingerprint density at radius 3 is 1.80 bits per heavy atom. The summed E-state index contributed by atoms with van der Waals surface area (Å²) >= 11 is 0. The van der Waals surface area contributed by atoms with Crippen LogP contribution in [0.3, 0.4) is 0 Å². The molecular formula is C14H16N4O5S2. The summed E-state index contributed by atoms with van der Waals surface area (Å²) in [5.74, 6) is -0.399. The minimum absolute atomic E-state index is 0.0335. The smallest absolute Gasteiger partial charge is 0.261 e. The molecule has 0 aliphatic carbocycles. The maximum Gasteiger partial charge on any atom is 0.261 e. The first-order valence-corrected chi connectivity index (χ1v) is 9.90. The van der Waals surface area contributed by atoms with Gasteiger partial charge in [0.25, 0.3) is 10.0 Å². The Morgan fingerprint density at radius 1 is 0.840 bits per heavy atom. The Kier molecular flexibility index (Phi) is 5.42. The minimum Gasteiger partial charge on any atom is -0.325 e. The topological polar surface area (TPSA) is 161 Å². The van der Waals surface area contributed by atoms with Crippen LogP contribution in [0.2, 0.25) is 0 Å². The summed E-state index contributed by atoms with van der Waals surface area (Å²) < 4.78 is 49.3. The first-order chi connectivity index (χ1) is 11.6. The fourth-order valence-corrected chi connectivity index (χ4v) is 3.43. The van der Waals surface area contributed by atoms with Crippen LogP contribution in [0.4, 0.5) is 11.4 Å². The number of carbonyl (C=O) groups excluding carboxylic acids is 1. The van der Waals surface area contributed by atoms with Crippen molar-refractivity contribution in [1.82, 2.24) is 0 Å². The fourth-order valence-electron chi connectivity index (χ4n) is 1.86. The second kappa shape index (κ2) is 7.19. The Balaban J connectivity index is 2.17. The predicted molar refractivity (Wildman–Crippen MR) is 92.7 cm³/mol. The summed E-state index contributed by atoms with van der Waals surface area (Å²) in [5.41, 5.74) is 5.76. The maximum absolute atomic E-state index is 12.3. The molecule has 0 saturated heterocycles. The Hall–Kier alpha value is -2.47. The molecule has 0 aliphatic heterocycles. The monoisotopic (exact) mass is 384 g/mol. The Morgan fingerprint density at radius 2 is 1.32 bits per heavy atom. The lowest BCUT2D eigenvalue weighted by molar-refractivity contribution is -0.114. The van der Waals surface area contributed by atoms with Crippen molar-refractivity contribution in [3.8, 4) is 0 Å². The number of amides is 1. The number of nitrogens with one attached hydrogen (secondary N) is 2. The zero-order valence-corrected chi connectivity index (χ0v) is 14.5. The predicted octanol–water partition coefficient (Wildman–Crippen LogP) is 0.0320. The summed E-state index contributed by atoms with van der Waals surface area (Å²) in [7, 11) is -7.73. The third-order valence-electron chi connectivity index (χ3n) is 3.07. The zero-order chi connectivity index (χ0) is 18.7. The van der Waals surface area contributed by atoms with Crippen LogP contribution in [0, 0.1) is 0 Å². The number of nitrogens with two attached hydrogens (primary N) is 2. The molecule has 134 valence electrons. The van der Waals surface area contributed by atoms with E-state index in [1.54, 1.807) is 0 Å². The van der Waals surface area contributed by atoms with Crippen molar-refractivity contribution in [3.05, 3.63) is 48.5 Å². The lowest BCUT2D eigenvalue weighted by atomic mass is 10.3. The third-order valence-corrected chi connectivity index (χ3v) is 5.40. The van der Waals surface area contributed by atoms with Gasteiger partial charge in [0.05, 0.1) is 16.3 Å². The van der Waals surface area contributed by atoms with Gasteiger partial charge in [-0.2, -0.15) is 0 Å². The van der Waals surface area contributed by atoms with Crippen LogP contribution >= 0.6 is 0 Å². The molecule has 0 unspecified atom stereocenters. The second-order valence-corrected chi connectivity index (χ2v) is 8.20. The molecule has 0 radical (unpaired) electrons. The number of anilines is 2. The lowest BCUT2D eigenvalue weighted by Crippen LogP contribution is -2.21. The highest BCUT2D eigenvalue weighted by molar-refractivity contribution is 7.92. The first kappa shape index (κ1) is 18.9. The van der Waals surface area contributed by atoms with Crippen LogP contribution in [-0.4, -0.2) is 29.3 Å². The average Bonchev–Trinajstić information content (AvgIpc) is 2.54. The second-order valence-electron chi connectivity index (χ2n) is 4.95. The van der Waals surface area contributed by atoms with E-state index in [1.165, 1.54) is 48.5 Å². The van der Waals surface area contributed by atoms with Crippen molar-refractivity contribution in [2.45, 2.75) is 9.79 Å². The van der Waals surface area contributed by atoms with Gasteiger partial charge in [-0.15, -0.1) is 0 Å². The van der Waals surface area contributed by atoms with E-state index in [1.807, 2.05) is 0 Å². The summed E-state index contributed by atoms with van der Waals surface area (Å²) in [6.07, 6.45) is 0. The Labute approximate surface area is 145 Å². The number of sulfonamides is 2. The van der Waals surface area contributed by atoms with E-state index in [-0.39, 0.29) is 22.0 Å². The average molecular weight is 384 g/mol. The van der Waals surface area contributed by atoms with Gasteiger partial charge in [-0.05, 0) is 48.5 Å². The van der Waals surface area contributed by atoms with Gasteiger partial charge in [0.15, 0.2) is 0 Å². The highest BCUT2D eigenvalue weighted by Crippen LogP contribution is 2.19. The molecule has 1 amide bonds. The molecule has 0 aliphatic rings. The molecule has 0 saturated carbocycles. The van der Waals surface area contributed by atoms with E-state index in [4.69, 9.17) is 10.9 Å². The van der Waals surface area contributed by atoms with Crippen molar-refractivity contribution in [3.63, 3.8) is 0 Å². The van der Waals surface area contributed by atoms with Crippen molar-refractivity contribution >= 4 is 37.3 Å². The maximum atomic E-state index is 12.3. The van der Waals surface area contributed by atoms with Crippen molar-refractivity contribution in [2.24, 2.45) is 10.9 Å². The van der Waals surface area contributed by atoms with Gasteiger partial charge in [-0.25, -0.2) is 22.0 Å². The molecule has 0 heterocycles. The molecule has 9 nitrogen and oxygen atoms in total. The molecule has 0 spiro atoms. The van der Waals surface area contributed by atoms with Crippen molar-refractivity contribution in [2.75, 3.05) is 16.6 Å². The standard InChI is InChI=1S/C14H16N4O5S2/c15-9-14(19)17-10-1-7-13(8-2-10)25(22,23)18-11-3-5-12(6-4-11)24(16,20)21/h1-8,18H,9,15H2,(H,17,19)(H2,16,20,21). The van der Waals surface area contributed by atoms with Crippen LogP contribution in [0.1, 0.15) is 0 Å². The third kappa shape index (κ3) is 5.00. The lowest BCUT2D eigenvalue weighted by Gasteiger charge is -2.09. The van der Waals surface area contributed by atoms with E-state index < -0.39 is 26.0 Å². The van der Waals surface area contributed by atoms with E-state index >= 15 is 0 Å². The van der Waals surface area contributed by atoms with Gasteiger partial charge >= 0.3 is 0 Å². The molecule has 2 aromatic rings. The summed E-state index contributed by atoms with van der Waals surface area (Å²) in [6, 6.07) is 10.4. The SMILES string of the molecule is NCC(=O)Nc1ccc(S(=O)(=O)Nc2ccc(S(N)(=O)=O)cc2)cc1.